The van der Waals surface area contributed by atoms with Crippen LogP contribution in [0.2, 0.25) is 0 Å². The molecule has 0 radical (unpaired) electrons. The van der Waals surface area contributed by atoms with E-state index in [0.717, 1.165) is 6.42 Å². The SMILES string of the molecule is CCOC(=O)CC1(N)CCOC(C)(C)C1. The number of rotatable bonds is 3. The van der Waals surface area contributed by atoms with Crippen molar-refractivity contribution in [3.63, 3.8) is 0 Å². The zero-order chi connectivity index (χ0) is 11.5. The molecule has 1 aliphatic rings. The van der Waals surface area contributed by atoms with Gasteiger partial charge in [0.25, 0.3) is 0 Å². The molecule has 0 aliphatic carbocycles. The van der Waals surface area contributed by atoms with Gasteiger partial charge in [0.05, 0.1) is 18.6 Å². The molecule has 88 valence electrons. The fraction of sp³-hybridized carbons (Fsp3) is 0.909. The molecule has 1 saturated heterocycles. The molecule has 1 unspecified atom stereocenters. The lowest BCUT2D eigenvalue weighted by Crippen LogP contribution is -2.53. The highest BCUT2D eigenvalue weighted by atomic mass is 16.5. The molecule has 0 saturated carbocycles. The Bertz CT molecular complexity index is 240. The summed E-state index contributed by atoms with van der Waals surface area (Å²) in [6.07, 6.45) is 1.70. The van der Waals surface area contributed by atoms with E-state index in [1.165, 1.54) is 0 Å². The molecule has 1 heterocycles. The summed E-state index contributed by atoms with van der Waals surface area (Å²) in [6, 6.07) is 0. The normalized spacial score (nSPS) is 29.9. The van der Waals surface area contributed by atoms with Crippen LogP contribution in [0.4, 0.5) is 0 Å². The van der Waals surface area contributed by atoms with Crippen LogP contribution in [0, 0.1) is 0 Å². The van der Waals surface area contributed by atoms with Crippen LogP contribution in [0.5, 0.6) is 0 Å². The molecular formula is C11H21NO3. The first kappa shape index (κ1) is 12.5. The van der Waals surface area contributed by atoms with Crippen molar-refractivity contribution < 1.29 is 14.3 Å². The maximum absolute atomic E-state index is 11.4. The summed E-state index contributed by atoms with van der Waals surface area (Å²) in [4.78, 5) is 11.4. The fourth-order valence-electron chi connectivity index (χ4n) is 2.17. The summed E-state index contributed by atoms with van der Waals surface area (Å²) in [5.41, 5.74) is 5.48. The number of nitrogens with two attached hydrogens (primary N) is 1. The molecule has 0 aromatic rings. The van der Waals surface area contributed by atoms with Gasteiger partial charge in [0.1, 0.15) is 0 Å². The van der Waals surface area contributed by atoms with Crippen LogP contribution in [-0.4, -0.2) is 30.3 Å². The summed E-state index contributed by atoms with van der Waals surface area (Å²) >= 11 is 0. The Morgan fingerprint density at radius 1 is 1.53 bits per heavy atom. The summed E-state index contributed by atoms with van der Waals surface area (Å²) < 4.78 is 10.5. The van der Waals surface area contributed by atoms with Crippen LogP contribution < -0.4 is 5.73 Å². The van der Waals surface area contributed by atoms with Crippen LogP contribution in [0.1, 0.15) is 40.0 Å². The molecule has 15 heavy (non-hydrogen) atoms. The summed E-state index contributed by atoms with van der Waals surface area (Å²) in [5, 5.41) is 0. The zero-order valence-corrected chi connectivity index (χ0v) is 9.84. The van der Waals surface area contributed by atoms with Crippen LogP contribution in [-0.2, 0) is 14.3 Å². The third-order valence-electron chi connectivity index (χ3n) is 2.67. The minimum atomic E-state index is -0.464. The molecule has 0 spiro atoms. The van der Waals surface area contributed by atoms with E-state index in [2.05, 4.69) is 0 Å². The maximum atomic E-state index is 11.4. The van der Waals surface area contributed by atoms with Crippen molar-refractivity contribution in [2.45, 2.75) is 51.2 Å². The van der Waals surface area contributed by atoms with Gasteiger partial charge in [-0.05, 0) is 33.6 Å². The quantitative estimate of drug-likeness (QED) is 0.719. The Balaban J connectivity index is 2.54. The van der Waals surface area contributed by atoms with Gasteiger partial charge in [-0.15, -0.1) is 0 Å². The predicted octanol–water partition coefficient (Wildman–Crippen LogP) is 1.23. The highest BCUT2D eigenvalue weighted by molar-refractivity contribution is 5.70. The van der Waals surface area contributed by atoms with Crippen LogP contribution in [0.25, 0.3) is 0 Å². The lowest BCUT2D eigenvalue weighted by Gasteiger charge is -2.41. The van der Waals surface area contributed by atoms with E-state index in [1.54, 1.807) is 6.92 Å². The van der Waals surface area contributed by atoms with Crippen molar-refractivity contribution in [2.24, 2.45) is 5.73 Å². The second-order valence-corrected chi connectivity index (χ2v) is 4.88. The van der Waals surface area contributed by atoms with Gasteiger partial charge in [0, 0.05) is 12.1 Å². The van der Waals surface area contributed by atoms with E-state index >= 15 is 0 Å². The van der Waals surface area contributed by atoms with Gasteiger partial charge < -0.3 is 15.2 Å². The van der Waals surface area contributed by atoms with Crippen LogP contribution >= 0.6 is 0 Å². The molecule has 1 aliphatic heterocycles. The largest absolute Gasteiger partial charge is 0.466 e. The minimum absolute atomic E-state index is 0.210. The van der Waals surface area contributed by atoms with Crippen molar-refractivity contribution in [3.8, 4) is 0 Å². The Morgan fingerprint density at radius 3 is 2.73 bits per heavy atom. The van der Waals surface area contributed by atoms with Crippen LogP contribution in [0.15, 0.2) is 0 Å². The molecule has 4 heteroatoms. The standard InChI is InChI=1S/C11H21NO3/c1-4-14-9(13)7-11(12)5-6-15-10(2,3)8-11/h4-8,12H2,1-3H3. The van der Waals surface area contributed by atoms with E-state index in [4.69, 9.17) is 15.2 Å². The first-order valence-corrected chi connectivity index (χ1v) is 5.45. The lowest BCUT2D eigenvalue weighted by molar-refractivity contribution is -0.147. The predicted molar refractivity (Wildman–Crippen MR) is 57.4 cm³/mol. The average molecular weight is 215 g/mol. The Labute approximate surface area is 91.1 Å². The minimum Gasteiger partial charge on any atom is -0.466 e. The lowest BCUT2D eigenvalue weighted by atomic mass is 9.80. The van der Waals surface area contributed by atoms with Crippen LogP contribution in [0.3, 0.4) is 0 Å². The molecule has 1 rings (SSSR count). The number of esters is 1. The second-order valence-electron chi connectivity index (χ2n) is 4.88. The summed E-state index contributed by atoms with van der Waals surface area (Å²) in [6.45, 7) is 6.82. The number of hydrogen-bond acceptors (Lipinski definition) is 4. The molecule has 0 amide bonds. The summed E-state index contributed by atoms with van der Waals surface area (Å²) in [7, 11) is 0. The highest BCUT2D eigenvalue weighted by Crippen LogP contribution is 2.32. The van der Waals surface area contributed by atoms with Gasteiger partial charge in [0.2, 0.25) is 0 Å². The fourth-order valence-corrected chi connectivity index (χ4v) is 2.17. The number of carbonyl (C=O) groups is 1. The molecule has 0 aromatic carbocycles. The van der Waals surface area contributed by atoms with E-state index in [9.17, 15) is 4.79 Å². The maximum Gasteiger partial charge on any atom is 0.307 e. The first-order valence-electron chi connectivity index (χ1n) is 5.45. The summed E-state index contributed by atoms with van der Waals surface area (Å²) in [5.74, 6) is -0.210. The first-order chi connectivity index (χ1) is 6.87. The van der Waals surface area contributed by atoms with Gasteiger partial charge in [-0.2, -0.15) is 0 Å². The molecule has 4 nitrogen and oxygen atoms in total. The molecule has 1 fully saturated rings. The van der Waals surface area contributed by atoms with Crippen molar-refractivity contribution in [1.82, 2.24) is 0 Å². The zero-order valence-electron chi connectivity index (χ0n) is 9.84. The third-order valence-corrected chi connectivity index (χ3v) is 2.67. The van der Waals surface area contributed by atoms with Gasteiger partial charge in [-0.3, -0.25) is 4.79 Å². The Morgan fingerprint density at radius 2 is 2.20 bits per heavy atom. The number of carbonyl (C=O) groups excluding carboxylic acids is 1. The number of ether oxygens (including phenoxy) is 2. The molecule has 2 N–H and O–H groups in total. The van der Waals surface area contributed by atoms with E-state index in [1.807, 2.05) is 13.8 Å². The smallest absolute Gasteiger partial charge is 0.307 e. The molecule has 0 aromatic heterocycles. The third kappa shape index (κ3) is 3.80. The average Bonchev–Trinajstić information content (AvgIpc) is 1.99. The van der Waals surface area contributed by atoms with Crippen molar-refractivity contribution in [2.75, 3.05) is 13.2 Å². The van der Waals surface area contributed by atoms with Gasteiger partial charge in [-0.25, -0.2) is 0 Å². The van der Waals surface area contributed by atoms with Crippen molar-refractivity contribution >= 4 is 5.97 Å². The van der Waals surface area contributed by atoms with Crippen molar-refractivity contribution in [1.29, 1.82) is 0 Å². The highest BCUT2D eigenvalue weighted by Gasteiger charge is 2.39. The molecule has 0 bridgehead atoms. The van der Waals surface area contributed by atoms with Gasteiger partial charge in [-0.1, -0.05) is 0 Å². The van der Waals surface area contributed by atoms with Crippen molar-refractivity contribution in [3.05, 3.63) is 0 Å². The Kier molecular flexibility index (Phi) is 3.73. The van der Waals surface area contributed by atoms with E-state index in [0.29, 0.717) is 19.6 Å². The monoisotopic (exact) mass is 215 g/mol. The second kappa shape index (κ2) is 4.49. The van der Waals surface area contributed by atoms with E-state index in [-0.39, 0.29) is 18.0 Å². The van der Waals surface area contributed by atoms with Gasteiger partial charge >= 0.3 is 5.97 Å². The molecule has 1 atom stereocenters. The Hall–Kier alpha value is -0.610. The van der Waals surface area contributed by atoms with Gasteiger partial charge in [0.15, 0.2) is 0 Å². The topological polar surface area (TPSA) is 61.5 Å². The number of hydrogen-bond donors (Lipinski definition) is 1. The molecular weight excluding hydrogens is 194 g/mol. The van der Waals surface area contributed by atoms with E-state index < -0.39 is 5.54 Å².